The average Bonchev–Trinajstić information content (AvgIpc) is 3.47. The number of ether oxygens (including phenoxy) is 3. The van der Waals surface area contributed by atoms with Crippen LogP contribution >= 0.6 is 0 Å². The van der Waals surface area contributed by atoms with E-state index in [1.807, 2.05) is 24.3 Å². The lowest BCUT2D eigenvalue weighted by atomic mass is 10.1. The van der Waals surface area contributed by atoms with Crippen LogP contribution in [0.2, 0.25) is 0 Å². The minimum Gasteiger partial charge on any atom is -0.493 e. The minimum atomic E-state index is -1.12. The van der Waals surface area contributed by atoms with Gasteiger partial charge in [-0.2, -0.15) is 5.10 Å². The Bertz CT molecular complexity index is 1060. The number of anilines is 1. The van der Waals surface area contributed by atoms with Crippen LogP contribution in [0, 0.1) is 5.82 Å². The van der Waals surface area contributed by atoms with Gasteiger partial charge in [0.05, 0.1) is 32.6 Å². The highest BCUT2D eigenvalue weighted by Crippen LogP contribution is 2.34. The third-order valence-electron chi connectivity index (χ3n) is 5.26. The van der Waals surface area contributed by atoms with Crippen molar-refractivity contribution in [3.8, 4) is 22.8 Å². The number of carboxylic acid groups (broad SMARTS) is 1. The Kier molecular flexibility index (Phi) is 6.55. The molecule has 0 unspecified atom stereocenters. The van der Waals surface area contributed by atoms with Crippen molar-refractivity contribution in [1.82, 2.24) is 9.78 Å². The molecule has 0 spiro atoms. The summed E-state index contributed by atoms with van der Waals surface area (Å²) in [6, 6.07) is 12.8. The second-order valence-corrected chi connectivity index (χ2v) is 7.32. The number of rotatable bonds is 8. The number of halogens is 1. The summed E-state index contributed by atoms with van der Waals surface area (Å²) >= 11 is 0. The van der Waals surface area contributed by atoms with Crippen LogP contribution in [0.25, 0.3) is 11.3 Å². The molecule has 1 atom stereocenters. The molecular weight excluding hydrogens is 417 g/mol. The molecule has 4 rings (SSSR count). The summed E-state index contributed by atoms with van der Waals surface area (Å²) in [5.74, 6) is 0.821. The standard InChI is InChI=1S/C23H24FN3O5/c1-30-21-7-2-16(14-22(21)32-19-9-13-31-15-19)20-8-10-25-27(20)12-11-26(23(28)29)18-5-3-17(24)4-6-18/h2-8,10,14,19H,9,11-13,15H2,1H3,(H,28,29)/t19-/m1/s1. The van der Waals surface area contributed by atoms with Crippen molar-refractivity contribution in [2.75, 3.05) is 31.8 Å². The van der Waals surface area contributed by atoms with Crippen LogP contribution in [0.3, 0.4) is 0 Å². The molecule has 8 nitrogen and oxygen atoms in total. The average molecular weight is 441 g/mol. The van der Waals surface area contributed by atoms with Gasteiger partial charge in [0.2, 0.25) is 0 Å². The Hall–Kier alpha value is -3.59. The largest absolute Gasteiger partial charge is 0.493 e. The summed E-state index contributed by atoms with van der Waals surface area (Å²) in [4.78, 5) is 12.9. The number of benzene rings is 2. The lowest BCUT2D eigenvalue weighted by Crippen LogP contribution is -2.32. The zero-order valence-corrected chi connectivity index (χ0v) is 17.6. The predicted molar refractivity (Wildman–Crippen MR) is 116 cm³/mol. The molecule has 32 heavy (non-hydrogen) atoms. The lowest BCUT2D eigenvalue weighted by Gasteiger charge is -2.20. The van der Waals surface area contributed by atoms with E-state index in [0.29, 0.717) is 36.9 Å². The predicted octanol–water partition coefficient (Wildman–Crippen LogP) is 4.05. The van der Waals surface area contributed by atoms with Crippen molar-refractivity contribution < 1.29 is 28.5 Å². The zero-order chi connectivity index (χ0) is 22.5. The van der Waals surface area contributed by atoms with Gasteiger partial charge in [0.25, 0.3) is 0 Å². The van der Waals surface area contributed by atoms with Gasteiger partial charge < -0.3 is 19.3 Å². The number of aromatic nitrogens is 2. The van der Waals surface area contributed by atoms with Gasteiger partial charge in [-0.25, -0.2) is 9.18 Å². The number of carbonyl (C=O) groups is 1. The minimum absolute atomic E-state index is 0.0242. The summed E-state index contributed by atoms with van der Waals surface area (Å²) in [7, 11) is 1.59. The van der Waals surface area contributed by atoms with Gasteiger partial charge in [0, 0.05) is 30.4 Å². The van der Waals surface area contributed by atoms with Crippen LogP contribution in [0.15, 0.2) is 54.7 Å². The van der Waals surface area contributed by atoms with Crippen LogP contribution in [-0.2, 0) is 11.3 Å². The highest BCUT2D eigenvalue weighted by atomic mass is 19.1. The van der Waals surface area contributed by atoms with Gasteiger partial charge in [0.15, 0.2) is 11.5 Å². The van der Waals surface area contributed by atoms with Crippen LogP contribution in [0.4, 0.5) is 14.9 Å². The SMILES string of the molecule is COc1ccc(-c2ccnn2CCN(C(=O)O)c2ccc(F)cc2)cc1O[C@@H]1CCOC1. The van der Waals surface area contributed by atoms with Crippen LogP contribution in [0.5, 0.6) is 11.5 Å². The van der Waals surface area contributed by atoms with E-state index >= 15 is 0 Å². The Morgan fingerprint density at radius 2 is 2.06 bits per heavy atom. The highest BCUT2D eigenvalue weighted by Gasteiger charge is 2.20. The maximum absolute atomic E-state index is 13.2. The molecule has 1 aliphatic rings. The first-order valence-corrected chi connectivity index (χ1v) is 10.3. The van der Waals surface area contributed by atoms with Crippen LogP contribution in [-0.4, -0.2) is 54.0 Å². The smallest absolute Gasteiger partial charge is 0.411 e. The molecule has 1 N–H and O–H groups in total. The van der Waals surface area contributed by atoms with Gasteiger partial charge in [-0.3, -0.25) is 9.58 Å². The van der Waals surface area contributed by atoms with Crippen molar-refractivity contribution in [3.05, 3.63) is 60.5 Å². The Labute approximate surface area is 184 Å². The Balaban J connectivity index is 1.54. The van der Waals surface area contributed by atoms with Crippen LogP contribution in [0.1, 0.15) is 6.42 Å². The van der Waals surface area contributed by atoms with Gasteiger partial charge in [-0.05, 0) is 48.5 Å². The van der Waals surface area contributed by atoms with E-state index in [9.17, 15) is 14.3 Å². The lowest BCUT2D eigenvalue weighted by molar-refractivity contribution is 0.138. The molecule has 2 aromatic carbocycles. The topological polar surface area (TPSA) is 86.1 Å². The summed E-state index contributed by atoms with van der Waals surface area (Å²) in [5, 5.41) is 14.0. The van der Waals surface area contributed by atoms with Crippen molar-refractivity contribution in [2.24, 2.45) is 0 Å². The summed E-state index contributed by atoms with van der Waals surface area (Å²) in [6.45, 7) is 1.67. The quantitative estimate of drug-likeness (QED) is 0.568. The second-order valence-electron chi connectivity index (χ2n) is 7.32. The Morgan fingerprint density at radius 3 is 2.75 bits per heavy atom. The molecule has 1 saturated heterocycles. The molecule has 0 radical (unpaired) electrons. The number of methoxy groups -OCH3 is 1. The fourth-order valence-corrected chi connectivity index (χ4v) is 3.62. The highest BCUT2D eigenvalue weighted by molar-refractivity contribution is 5.85. The van der Waals surface area contributed by atoms with Gasteiger partial charge in [0.1, 0.15) is 11.9 Å². The molecule has 0 bridgehead atoms. The molecule has 2 heterocycles. The summed E-state index contributed by atoms with van der Waals surface area (Å²) in [6.07, 6.45) is 1.33. The first-order valence-electron chi connectivity index (χ1n) is 10.3. The number of amides is 1. The van der Waals surface area contributed by atoms with Crippen LogP contribution < -0.4 is 14.4 Å². The second kappa shape index (κ2) is 9.69. The molecule has 1 amide bonds. The number of hydrogen-bond donors (Lipinski definition) is 1. The molecule has 0 aliphatic carbocycles. The van der Waals surface area contributed by atoms with Gasteiger partial charge in [-0.15, -0.1) is 0 Å². The summed E-state index contributed by atoms with van der Waals surface area (Å²) < 4.78 is 31.8. The zero-order valence-electron chi connectivity index (χ0n) is 17.6. The van der Waals surface area contributed by atoms with E-state index in [2.05, 4.69) is 5.10 Å². The molecule has 1 aliphatic heterocycles. The maximum atomic E-state index is 13.2. The molecular formula is C23H24FN3O5. The van der Waals surface area contributed by atoms with Crippen molar-refractivity contribution in [1.29, 1.82) is 0 Å². The molecule has 0 saturated carbocycles. The van der Waals surface area contributed by atoms with E-state index in [4.69, 9.17) is 14.2 Å². The first kappa shape index (κ1) is 21.6. The normalized spacial score (nSPS) is 15.5. The number of hydrogen-bond acceptors (Lipinski definition) is 5. The van der Waals surface area contributed by atoms with E-state index in [1.165, 1.54) is 24.3 Å². The van der Waals surface area contributed by atoms with Gasteiger partial charge >= 0.3 is 6.09 Å². The third kappa shape index (κ3) is 4.83. The molecule has 1 aromatic heterocycles. The number of nitrogens with zero attached hydrogens (tertiary/aromatic N) is 3. The molecule has 9 heteroatoms. The van der Waals surface area contributed by atoms with Crippen molar-refractivity contribution in [2.45, 2.75) is 19.1 Å². The fourth-order valence-electron chi connectivity index (χ4n) is 3.62. The maximum Gasteiger partial charge on any atom is 0.411 e. The third-order valence-corrected chi connectivity index (χ3v) is 5.26. The molecule has 3 aromatic rings. The van der Waals surface area contributed by atoms with Gasteiger partial charge in [-0.1, -0.05) is 0 Å². The fraction of sp³-hybridized carbons (Fsp3) is 0.304. The van der Waals surface area contributed by atoms with Crippen molar-refractivity contribution >= 4 is 11.8 Å². The molecule has 168 valence electrons. The van der Waals surface area contributed by atoms with Crippen molar-refractivity contribution in [3.63, 3.8) is 0 Å². The Morgan fingerprint density at radius 1 is 1.25 bits per heavy atom. The first-order chi connectivity index (χ1) is 15.5. The van der Waals surface area contributed by atoms with E-state index in [0.717, 1.165) is 22.6 Å². The molecule has 1 fully saturated rings. The van der Waals surface area contributed by atoms with E-state index in [1.54, 1.807) is 18.0 Å². The van der Waals surface area contributed by atoms with E-state index in [-0.39, 0.29) is 12.6 Å². The van der Waals surface area contributed by atoms with E-state index < -0.39 is 11.9 Å². The summed E-state index contributed by atoms with van der Waals surface area (Å²) in [5.41, 5.74) is 2.07. The monoisotopic (exact) mass is 441 g/mol.